The summed E-state index contributed by atoms with van der Waals surface area (Å²) in [6.07, 6.45) is 4.91. The molecule has 3 N–H and O–H groups in total. The molecule has 0 heterocycles. The van der Waals surface area contributed by atoms with Gasteiger partial charge in [0.25, 0.3) is 0 Å². The minimum Gasteiger partial charge on any atom is -0.326 e. The van der Waals surface area contributed by atoms with Crippen LogP contribution in [0.3, 0.4) is 0 Å². The molecule has 0 bridgehead atoms. The molecule has 1 saturated carbocycles. The number of hydrogen-bond donors (Lipinski definition) is 2. The van der Waals surface area contributed by atoms with Crippen LogP contribution in [0.25, 0.3) is 0 Å². The van der Waals surface area contributed by atoms with Crippen LogP contribution < -0.4 is 21.1 Å². The summed E-state index contributed by atoms with van der Waals surface area (Å²) in [5, 5.41) is 2.86. The maximum Gasteiger partial charge on any atom is 0.187 e. The molecule has 0 saturated heterocycles. The number of rotatable bonds is 4. The molecule has 0 spiro atoms. The molecule has 2 aromatic carbocycles. The zero-order valence-corrected chi connectivity index (χ0v) is 14.3. The van der Waals surface area contributed by atoms with Crippen molar-refractivity contribution in [3.63, 3.8) is 0 Å². The predicted molar refractivity (Wildman–Crippen MR) is 97.1 cm³/mol. The van der Waals surface area contributed by atoms with Crippen molar-refractivity contribution >= 4 is 18.6 Å². The summed E-state index contributed by atoms with van der Waals surface area (Å²) in [5.74, 6) is 0. The third-order valence-corrected chi connectivity index (χ3v) is 8.92. The van der Waals surface area contributed by atoms with Crippen molar-refractivity contribution in [1.29, 1.82) is 0 Å². The van der Waals surface area contributed by atoms with Crippen LogP contribution in [0.1, 0.15) is 25.7 Å². The standard InChI is InChI=1S/C19H26N2Si/c1-22(16-10-4-2-5-11-16,17-12-6-3-7-13-17)21-19-15-9-8-14-18(19)20/h2-7,10-13,18-19,21H,8-9,14-15,20H2,1H3. The molecule has 3 heteroatoms. The molecule has 22 heavy (non-hydrogen) atoms. The normalized spacial score (nSPS) is 22.5. The zero-order valence-electron chi connectivity index (χ0n) is 13.3. The highest BCUT2D eigenvalue weighted by Crippen LogP contribution is 2.18. The molecule has 2 nitrogen and oxygen atoms in total. The van der Waals surface area contributed by atoms with E-state index in [1.165, 1.54) is 29.6 Å². The molecule has 0 aromatic heterocycles. The molecule has 1 aliphatic carbocycles. The number of nitrogens with two attached hydrogens (primary N) is 1. The van der Waals surface area contributed by atoms with E-state index in [0.29, 0.717) is 6.04 Å². The SMILES string of the molecule is C[Si](NC1CCCCC1N)(c1ccccc1)c1ccccc1. The molecule has 0 amide bonds. The Balaban J connectivity index is 1.96. The van der Waals surface area contributed by atoms with Crippen molar-refractivity contribution in [2.75, 3.05) is 0 Å². The molecule has 2 atom stereocenters. The highest BCUT2D eigenvalue weighted by molar-refractivity contribution is 6.99. The molecule has 0 radical (unpaired) electrons. The van der Waals surface area contributed by atoms with Crippen molar-refractivity contribution in [2.45, 2.75) is 44.3 Å². The molecular formula is C19H26N2Si. The summed E-state index contributed by atoms with van der Waals surface area (Å²) < 4.78 is 0. The summed E-state index contributed by atoms with van der Waals surface area (Å²) in [7, 11) is -1.96. The van der Waals surface area contributed by atoms with Crippen molar-refractivity contribution in [3.8, 4) is 0 Å². The first-order valence-electron chi connectivity index (χ1n) is 8.34. The van der Waals surface area contributed by atoms with Gasteiger partial charge in [0.05, 0.1) is 0 Å². The lowest BCUT2D eigenvalue weighted by molar-refractivity contribution is 0.362. The lowest BCUT2D eigenvalue weighted by atomic mass is 9.92. The first kappa shape index (κ1) is 15.5. The van der Waals surface area contributed by atoms with Crippen LogP contribution in [0.2, 0.25) is 6.55 Å². The minimum atomic E-state index is -1.96. The fourth-order valence-corrected chi connectivity index (χ4v) is 7.07. The first-order valence-corrected chi connectivity index (χ1v) is 10.8. The van der Waals surface area contributed by atoms with Crippen LogP contribution in [0, 0.1) is 0 Å². The van der Waals surface area contributed by atoms with Crippen LogP contribution in [-0.2, 0) is 0 Å². The first-order chi connectivity index (χ1) is 10.7. The average molecular weight is 311 g/mol. The summed E-state index contributed by atoms with van der Waals surface area (Å²) in [4.78, 5) is 4.03. The fourth-order valence-electron chi connectivity index (χ4n) is 3.59. The van der Waals surface area contributed by atoms with Gasteiger partial charge in [-0.2, -0.15) is 0 Å². The molecule has 3 rings (SSSR count). The Kier molecular flexibility index (Phi) is 4.77. The van der Waals surface area contributed by atoms with E-state index in [1.807, 2.05) is 0 Å². The van der Waals surface area contributed by atoms with Crippen molar-refractivity contribution in [3.05, 3.63) is 60.7 Å². The van der Waals surface area contributed by atoms with Crippen molar-refractivity contribution in [1.82, 2.24) is 4.98 Å². The van der Waals surface area contributed by atoms with Gasteiger partial charge in [0, 0.05) is 12.1 Å². The summed E-state index contributed by atoms with van der Waals surface area (Å²) >= 11 is 0. The Bertz CT molecular complexity index is 545. The van der Waals surface area contributed by atoms with Gasteiger partial charge in [-0.3, -0.25) is 0 Å². The van der Waals surface area contributed by atoms with Gasteiger partial charge in [-0.05, 0) is 29.8 Å². The van der Waals surface area contributed by atoms with E-state index in [2.05, 4.69) is 72.2 Å². The Labute approximate surface area is 134 Å². The van der Waals surface area contributed by atoms with Gasteiger partial charge in [0.1, 0.15) is 0 Å². The van der Waals surface area contributed by atoms with Gasteiger partial charge in [0.2, 0.25) is 0 Å². The summed E-state index contributed by atoms with van der Waals surface area (Å²) in [6, 6.07) is 22.5. The summed E-state index contributed by atoms with van der Waals surface area (Å²) in [6.45, 7) is 2.42. The van der Waals surface area contributed by atoms with Gasteiger partial charge >= 0.3 is 0 Å². The quantitative estimate of drug-likeness (QED) is 0.850. The second-order valence-electron chi connectivity index (χ2n) is 6.56. The average Bonchev–Trinajstić information content (AvgIpc) is 2.58. The predicted octanol–water partition coefficient (Wildman–Crippen LogP) is 2.24. The van der Waals surface area contributed by atoms with E-state index in [0.717, 1.165) is 6.42 Å². The number of benzene rings is 2. The third kappa shape index (κ3) is 3.17. The third-order valence-electron chi connectivity index (χ3n) is 5.00. The van der Waals surface area contributed by atoms with Gasteiger partial charge in [-0.1, -0.05) is 73.5 Å². The van der Waals surface area contributed by atoms with E-state index in [9.17, 15) is 0 Å². The molecular weight excluding hydrogens is 284 g/mol. The Morgan fingerprint density at radius 1 is 0.864 bits per heavy atom. The van der Waals surface area contributed by atoms with E-state index < -0.39 is 8.24 Å². The van der Waals surface area contributed by atoms with Gasteiger partial charge in [0.15, 0.2) is 8.24 Å². The summed E-state index contributed by atoms with van der Waals surface area (Å²) in [5.41, 5.74) is 6.40. The Morgan fingerprint density at radius 3 is 1.86 bits per heavy atom. The number of nitrogens with one attached hydrogen (secondary N) is 1. The van der Waals surface area contributed by atoms with Crippen molar-refractivity contribution in [2.24, 2.45) is 5.73 Å². The van der Waals surface area contributed by atoms with Crippen LogP contribution >= 0.6 is 0 Å². The highest BCUT2D eigenvalue weighted by atomic mass is 28.3. The molecule has 2 unspecified atom stereocenters. The number of hydrogen-bond acceptors (Lipinski definition) is 2. The highest BCUT2D eigenvalue weighted by Gasteiger charge is 2.36. The maximum absolute atomic E-state index is 6.40. The second kappa shape index (κ2) is 6.78. The lowest BCUT2D eigenvalue weighted by Gasteiger charge is -2.38. The Hall–Kier alpha value is -1.42. The minimum absolute atomic E-state index is 0.285. The molecule has 1 fully saturated rings. The largest absolute Gasteiger partial charge is 0.326 e. The van der Waals surface area contributed by atoms with Crippen LogP contribution in [0.15, 0.2) is 60.7 Å². The lowest BCUT2D eigenvalue weighted by Crippen LogP contribution is -2.71. The monoisotopic (exact) mass is 310 g/mol. The molecule has 2 aromatic rings. The van der Waals surface area contributed by atoms with Gasteiger partial charge < -0.3 is 10.7 Å². The van der Waals surface area contributed by atoms with Crippen molar-refractivity contribution < 1.29 is 0 Å². The topological polar surface area (TPSA) is 38.0 Å². The van der Waals surface area contributed by atoms with Gasteiger partial charge in [-0.25, -0.2) is 0 Å². The van der Waals surface area contributed by atoms with Crippen LogP contribution in [0.4, 0.5) is 0 Å². The molecule has 0 aliphatic heterocycles. The smallest absolute Gasteiger partial charge is 0.187 e. The van der Waals surface area contributed by atoms with E-state index in [4.69, 9.17) is 5.73 Å². The van der Waals surface area contributed by atoms with Crippen LogP contribution in [-0.4, -0.2) is 20.3 Å². The molecule has 1 aliphatic rings. The maximum atomic E-state index is 6.40. The Morgan fingerprint density at radius 2 is 1.36 bits per heavy atom. The van der Waals surface area contributed by atoms with E-state index in [1.54, 1.807) is 0 Å². The fraction of sp³-hybridized carbons (Fsp3) is 0.368. The van der Waals surface area contributed by atoms with Gasteiger partial charge in [-0.15, -0.1) is 0 Å². The van der Waals surface area contributed by atoms with E-state index in [-0.39, 0.29) is 6.04 Å². The van der Waals surface area contributed by atoms with Crippen LogP contribution in [0.5, 0.6) is 0 Å². The zero-order chi connectivity index (χ0) is 15.4. The second-order valence-corrected chi connectivity index (χ2v) is 10.2. The molecule has 116 valence electrons. The van der Waals surface area contributed by atoms with E-state index >= 15 is 0 Å².